The molecule has 0 bridgehead atoms. The zero-order valence-electron chi connectivity index (χ0n) is 11.6. The maximum absolute atomic E-state index is 6.38. The molecule has 0 radical (unpaired) electrons. The minimum absolute atomic E-state index is 0.00240. The van der Waals surface area contributed by atoms with Gasteiger partial charge in [0.15, 0.2) is 0 Å². The highest BCUT2D eigenvalue weighted by atomic mass is 79.9. The Morgan fingerprint density at radius 2 is 2.37 bits per heavy atom. The second-order valence-corrected chi connectivity index (χ2v) is 6.69. The monoisotopic (exact) mass is 324 g/mol. The highest BCUT2D eigenvalue weighted by Gasteiger charge is 2.44. The lowest BCUT2D eigenvalue weighted by atomic mass is 9.86. The summed E-state index contributed by atoms with van der Waals surface area (Å²) in [5, 5.41) is 3.61. The van der Waals surface area contributed by atoms with Crippen molar-refractivity contribution in [3.8, 4) is 5.75 Å². The molecule has 2 atom stereocenters. The fourth-order valence-electron chi connectivity index (χ4n) is 3.36. The van der Waals surface area contributed by atoms with Crippen molar-refractivity contribution in [1.29, 1.82) is 0 Å². The lowest BCUT2D eigenvalue weighted by Crippen LogP contribution is -2.45. The summed E-state index contributed by atoms with van der Waals surface area (Å²) in [5.74, 6) is 1.05. The molecule has 0 amide bonds. The van der Waals surface area contributed by atoms with Gasteiger partial charge in [0.1, 0.15) is 11.4 Å². The van der Waals surface area contributed by atoms with E-state index < -0.39 is 0 Å². The van der Waals surface area contributed by atoms with Crippen molar-refractivity contribution in [2.45, 2.75) is 31.4 Å². The van der Waals surface area contributed by atoms with E-state index in [0.29, 0.717) is 6.04 Å². The van der Waals surface area contributed by atoms with Crippen LogP contribution in [-0.2, 0) is 0 Å². The molecule has 104 valence electrons. The van der Waals surface area contributed by atoms with Gasteiger partial charge < -0.3 is 15.0 Å². The highest BCUT2D eigenvalue weighted by Crippen LogP contribution is 2.44. The summed E-state index contributed by atoms with van der Waals surface area (Å²) in [4.78, 5) is 2.37. The summed E-state index contributed by atoms with van der Waals surface area (Å²) < 4.78 is 7.50. The summed E-state index contributed by atoms with van der Waals surface area (Å²) in [6.45, 7) is 5.32. The molecule has 1 saturated heterocycles. The Morgan fingerprint density at radius 3 is 3.05 bits per heavy atom. The van der Waals surface area contributed by atoms with Crippen LogP contribution in [0.15, 0.2) is 22.7 Å². The second-order valence-electron chi connectivity index (χ2n) is 5.77. The van der Waals surface area contributed by atoms with Gasteiger partial charge in [0.05, 0.1) is 0 Å². The van der Waals surface area contributed by atoms with Gasteiger partial charge in [-0.2, -0.15) is 0 Å². The Bertz CT molecular complexity index is 479. The van der Waals surface area contributed by atoms with Crippen LogP contribution in [0.4, 0.5) is 0 Å². The minimum Gasteiger partial charge on any atom is -0.485 e. The summed E-state index contributed by atoms with van der Waals surface area (Å²) in [6.07, 6.45) is 2.19. The highest BCUT2D eigenvalue weighted by molar-refractivity contribution is 9.10. The quantitative estimate of drug-likeness (QED) is 0.905. The van der Waals surface area contributed by atoms with Crippen LogP contribution in [-0.4, -0.2) is 37.2 Å². The summed E-state index contributed by atoms with van der Waals surface area (Å²) in [7, 11) is 2.18. The largest absolute Gasteiger partial charge is 0.485 e. The first-order chi connectivity index (χ1) is 9.12. The molecule has 3 nitrogen and oxygen atoms in total. The number of ether oxygens (including phenoxy) is 1. The molecule has 0 saturated carbocycles. The number of likely N-dealkylation sites (N-methyl/N-ethyl adjacent to an activating group) is 1. The third-order valence-corrected chi connectivity index (χ3v) is 4.70. The average molecular weight is 325 g/mol. The standard InChI is InChI=1S/C15H21BrN2O/c1-3-17-13-9-15(6-7-18(2)10-15)19-14-5-4-11(16)8-12(13)14/h4-5,8,13,17H,3,6-7,9-10H2,1-2H3. The number of benzene rings is 1. The van der Waals surface area contributed by atoms with Gasteiger partial charge in [0.25, 0.3) is 0 Å². The summed E-state index contributed by atoms with van der Waals surface area (Å²) in [6, 6.07) is 6.76. The zero-order chi connectivity index (χ0) is 13.5. The van der Waals surface area contributed by atoms with Crippen molar-refractivity contribution in [3.05, 3.63) is 28.2 Å². The fraction of sp³-hybridized carbons (Fsp3) is 0.600. The molecule has 1 N–H and O–H groups in total. The first-order valence-electron chi connectivity index (χ1n) is 7.02. The van der Waals surface area contributed by atoms with Crippen LogP contribution in [0, 0.1) is 0 Å². The molecular weight excluding hydrogens is 304 g/mol. The molecule has 4 heteroatoms. The molecule has 2 heterocycles. The zero-order valence-corrected chi connectivity index (χ0v) is 13.2. The Hall–Kier alpha value is -0.580. The summed E-state index contributed by atoms with van der Waals surface area (Å²) in [5.41, 5.74) is 1.29. The molecule has 1 aromatic carbocycles. The van der Waals surface area contributed by atoms with Gasteiger partial charge in [-0.05, 0) is 31.8 Å². The van der Waals surface area contributed by atoms with Crippen molar-refractivity contribution < 1.29 is 4.74 Å². The van der Waals surface area contributed by atoms with Crippen LogP contribution < -0.4 is 10.1 Å². The van der Waals surface area contributed by atoms with Gasteiger partial charge >= 0.3 is 0 Å². The molecule has 19 heavy (non-hydrogen) atoms. The molecule has 2 aliphatic heterocycles. The van der Waals surface area contributed by atoms with Gasteiger partial charge in [-0.1, -0.05) is 22.9 Å². The number of halogens is 1. The van der Waals surface area contributed by atoms with Crippen molar-refractivity contribution >= 4 is 15.9 Å². The number of likely N-dealkylation sites (tertiary alicyclic amines) is 1. The van der Waals surface area contributed by atoms with Gasteiger partial charge in [0.2, 0.25) is 0 Å². The van der Waals surface area contributed by atoms with E-state index in [-0.39, 0.29) is 5.60 Å². The van der Waals surface area contributed by atoms with Gasteiger partial charge in [-0.3, -0.25) is 0 Å². The van der Waals surface area contributed by atoms with Crippen molar-refractivity contribution in [1.82, 2.24) is 10.2 Å². The maximum atomic E-state index is 6.38. The van der Waals surface area contributed by atoms with Crippen molar-refractivity contribution in [2.75, 3.05) is 26.7 Å². The Morgan fingerprint density at radius 1 is 1.53 bits per heavy atom. The molecule has 0 aromatic heterocycles. The first kappa shape index (κ1) is 13.4. The third-order valence-electron chi connectivity index (χ3n) is 4.21. The van der Waals surface area contributed by atoms with E-state index in [1.807, 2.05) is 0 Å². The fourth-order valence-corrected chi connectivity index (χ4v) is 3.74. The van der Waals surface area contributed by atoms with E-state index >= 15 is 0 Å². The average Bonchev–Trinajstić information content (AvgIpc) is 2.72. The number of fused-ring (bicyclic) bond motifs is 1. The van der Waals surface area contributed by atoms with Gasteiger partial charge in [-0.15, -0.1) is 0 Å². The topological polar surface area (TPSA) is 24.5 Å². The Kier molecular flexibility index (Phi) is 3.58. The van der Waals surface area contributed by atoms with E-state index in [1.165, 1.54) is 5.56 Å². The van der Waals surface area contributed by atoms with E-state index in [2.05, 4.69) is 58.3 Å². The third kappa shape index (κ3) is 2.54. The SMILES string of the molecule is CCNC1CC2(CCN(C)C2)Oc2ccc(Br)cc21. The minimum atomic E-state index is 0.00240. The number of nitrogens with one attached hydrogen (secondary N) is 1. The Balaban J connectivity index is 1.95. The van der Waals surface area contributed by atoms with Crippen LogP contribution in [0.3, 0.4) is 0 Å². The molecule has 1 spiro atoms. The number of rotatable bonds is 2. The number of nitrogens with zero attached hydrogens (tertiary/aromatic N) is 1. The predicted molar refractivity (Wildman–Crippen MR) is 80.6 cm³/mol. The van der Waals surface area contributed by atoms with E-state index in [9.17, 15) is 0 Å². The van der Waals surface area contributed by atoms with E-state index in [0.717, 1.165) is 42.7 Å². The number of hydrogen-bond acceptors (Lipinski definition) is 3. The summed E-state index contributed by atoms with van der Waals surface area (Å²) >= 11 is 3.56. The number of hydrogen-bond donors (Lipinski definition) is 1. The molecule has 0 aliphatic carbocycles. The van der Waals surface area contributed by atoms with Crippen LogP contribution in [0.1, 0.15) is 31.4 Å². The smallest absolute Gasteiger partial charge is 0.125 e. The van der Waals surface area contributed by atoms with Crippen LogP contribution >= 0.6 is 15.9 Å². The second kappa shape index (κ2) is 5.08. The van der Waals surface area contributed by atoms with Gasteiger partial charge in [0, 0.05) is 42.0 Å². The normalized spacial score (nSPS) is 30.4. The maximum Gasteiger partial charge on any atom is 0.125 e. The van der Waals surface area contributed by atoms with Gasteiger partial charge in [-0.25, -0.2) is 0 Å². The molecular formula is C15H21BrN2O. The first-order valence-corrected chi connectivity index (χ1v) is 7.81. The van der Waals surface area contributed by atoms with E-state index in [4.69, 9.17) is 4.74 Å². The van der Waals surface area contributed by atoms with Crippen LogP contribution in [0.25, 0.3) is 0 Å². The van der Waals surface area contributed by atoms with Crippen LogP contribution in [0.2, 0.25) is 0 Å². The predicted octanol–water partition coefficient (Wildman–Crippen LogP) is 2.96. The van der Waals surface area contributed by atoms with Crippen molar-refractivity contribution in [3.63, 3.8) is 0 Å². The van der Waals surface area contributed by atoms with E-state index in [1.54, 1.807) is 0 Å². The lowest BCUT2D eigenvalue weighted by molar-refractivity contribution is 0.0410. The lowest BCUT2D eigenvalue weighted by Gasteiger charge is -2.40. The molecule has 1 aromatic rings. The van der Waals surface area contributed by atoms with Crippen LogP contribution in [0.5, 0.6) is 5.75 Å². The molecule has 1 fully saturated rings. The molecule has 2 unspecified atom stereocenters. The molecule has 2 aliphatic rings. The molecule has 3 rings (SSSR count). The Labute approximate surface area is 123 Å². The van der Waals surface area contributed by atoms with Crippen molar-refractivity contribution in [2.24, 2.45) is 0 Å².